The summed E-state index contributed by atoms with van der Waals surface area (Å²) in [5.74, 6) is 1.08. The molecule has 3 nitrogen and oxygen atoms in total. The van der Waals surface area contributed by atoms with Crippen LogP contribution in [0.3, 0.4) is 0 Å². The van der Waals surface area contributed by atoms with Crippen LogP contribution < -0.4 is 5.32 Å². The van der Waals surface area contributed by atoms with Gasteiger partial charge >= 0.3 is 0 Å². The summed E-state index contributed by atoms with van der Waals surface area (Å²) in [6, 6.07) is 10.6. The van der Waals surface area contributed by atoms with Gasteiger partial charge < -0.3 is 9.88 Å². The average molecular weight is 257 g/mol. The molecule has 2 aromatic rings. The molecule has 0 unspecified atom stereocenters. The summed E-state index contributed by atoms with van der Waals surface area (Å²) in [6.45, 7) is 5.31. The van der Waals surface area contributed by atoms with Gasteiger partial charge in [0, 0.05) is 25.0 Å². The quantitative estimate of drug-likeness (QED) is 0.862. The second-order valence-corrected chi connectivity index (χ2v) is 5.68. The second-order valence-electron chi connectivity index (χ2n) is 5.68. The van der Waals surface area contributed by atoms with Crippen molar-refractivity contribution in [2.45, 2.75) is 38.8 Å². The Hall–Kier alpha value is -1.61. The highest BCUT2D eigenvalue weighted by molar-refractivity contribution is 5.15. The van der Waals surface area contributed by atoms with Crippen LogP contribution in [0.25, 0.3) is 0 Å². The molecule has 0 fully saturated rings. The molecule has 0 saturated carbocycles. The number of nitrogens with one attached hydrogen (secondary N) is 1. The van der Waals surface area contributed by atoms with Crippen molar-refractivity contribution >= 4 is 0 Å². The van der Waals surface area contributed by atoms with Gasteiger partial charge in [-0.25, -0.2) is 4.98 Å². The number of hydrogen-bond donors (Lipinski definition) is 1. The zero-order valence-corrected chi connectivity index (χ0v) is 12.1. The minimum Gasteiger partial charge on any atom is -0.337 e. The zero-order chi connectivity index (χ0) is 13.7. The van der Waals surface area contributed by atoms with Crippen molar-refractivity contribution in [3.8, 4) is 0 Å². The van der Waals surface area contributed by atoms with Gasteiger partial charge in [-0.3, -0.25) is 0 Å². The molecule has 102 valence electrons. The summed E-state index contributed by atoms with van der Waals surface area (Å²) in [4.78, 5) is 4.34. The summed E-state index contributed by atoms with van der Waals surface area (Å²) < 4.78 is 2.06. The first kappa shape index (κ1) is 13.8. The molecule has 19 heavy (non-hydrogen) atoms. The first-order chi connectivity index (χ1) is 9.07. The van der Waals surface area contributed by atoms with E-state index in [1.165, 1.54) is 5.56 Å². The van der Waals surface area contributed by atoms with Crippen LogP contribution in [0.5, 0.6) is 0 Å². The number of imidazole rings is 1. The molecule has 0 aliphatic heterocycles. The molecule has 0 bridgehead atoms. The summed E-state index contributed by atoms with van der Waals surface area (Å²) in [5, 5.41) is 3.59. The fraction of sp³-hybridized carbons (Fsp3) is 0.438. The number of hydrogen-bond acceptors (Lipinski definition) is 2. The van der Waals surface area contributed by atoms with E-state index in [-0.39, 0.29) is 5.54 Å². The summed E-state index contributed by atoms with van der Waals surface area (Å²) in [5.41, 5.74) is 1.51. The first-order valence-corrected chi connectivity index (χ1v) is 6.82. The lowest BCUT2D eigenvalue weighted by Crippen LogP contribution is -2.39. The van der Waals surface area contributed by atoms with E-state index >= 15 is 0 Å². The topological polar surface area (TPSA) is 29.9 Å². The fourth-order valence-electron chi connectivity index (χ4n) is 2.08. The van der Waals surface area contributed by atoms with Crippen LogP contribution >= 0.6 is 0 Å². The van der Waals surface area contributed by atoms with Crippen molar-refractivity contribution in [1.29, 1.82) is 0 Å². The lowest BCUT2D eigenvalue weighted by atomic mass is 9.95. The van der Waals surface area contributed by atoms with Crippen molar-refractivity contribution in [3.63, 3.8) is 0 Å². The molecular weight excluding hydrogens is 234 g/mol. The smallest absolute Gasteiger partial charge is 0.122 e. The third-order valence-electron chi connectivity index (χ3n) is 3.53. The van der Waals surface area contributed by atoms with Crippen molar-refractivity contribution in [1.82, 2.24) is 14.9 Å². The van der Waals surface area contributed by atoms with E-state index in [2.05, 4.69) is 59.0 Å². The van der Waals surface area contributed by atoms with E-state index in [9.17, 15) is 0 Å². The predicted octanol–water partition coefficient (Wildman–Crippen LogP) is 2.92. The van der Waals surface area contributed by atoms with Crippen molar-refractivity contribution in [2.75, 3.05) is 0 Å². The average Bonchev–Trinajstić information content (AvgIpc) is 2.81. The lowest BCUT2D eigenvalue weighted by molar-refractivity contribution is 0.354. The molecule has 2 rings (SSSR count). The van der Waals surface area contributed by atoms with Gasteiger partial charge in [0.15, 0.2) is 0 Å². The van der Waals surface area contributed by atoms with Crippen LogP contribution in [0, 0.1) is 0 Å². The minimum absolute atomic E-state index is 0.113. The van der Waals surface area contributed by atoms with Gasteiger partial charge in [0.2, 0.25) is 0 Å². The standard InChI is InChI=1S/C16H23N3/c1-16(2,10-9-14-7-5-4-6-8-14)18-13-15-17-11-12-19(15)3/h4-8,11-12,18H,9-10,13H2,1-3H3. The molecule has 1 N–H and O–H groups in total. The zero-order valence-electron chi connectivity index (χ0n) is 12.1. The molecule has 3 heteroatoms. The summed E-state index contributed by atoms with van der Waals surface area (Å²) >= 11 is 0. The van der Waals surface area contributed by atoms with Crippen LogP contribution in [0.2, 0.25) is 0 Å². The van der Waals surface area contributed by atoms with E-state index in [0.717, 1.165) is 25.2 Å². The SMILES string of the molecule is Cn1ccnc1CNC(C)(C)CCc1ccccc1. The largest absolute Gasteiger partial charge is 0.337 e. The van der Waals surface area contributed by atoms with Gasteiger partial charge in [0.1, 0.15) is 5.82 Å². The molecule has 0 spiro atoms. The molecule has 0 aliphatic carbocycles. The van der Waals surface area contributed by atoms with Gasteiger partial charge in [-0.2, -0.15) is 0 Å². The third kappa shape index (κ3) is 4.21. The third-order valence-corrected chi connectivity index (χ3v) is 3.53. The number of aromatic nitrogens is 2. The molecule has 0 saturated heterocycles. The number of aryl methyl sites for hydroxylation is 2. The molecule has 0 atom stereocenters. The Bertz CT molecular complexity index is 500. The van der Waals surface area contributed by atoms with Gasteiger partial charge in [0.25, 0.3) is 0 Å². The van der Waals surface area contributed by atoms with E-state index in [1.807, 2.05) is 19.4 Å². The fourth-order valence-corrected chi connectivity index (χ4v) is 2.08. The second kappa shape index (κ2) is 6.02. The van der Waals surface area contributed by atoms with Crippen LogP contribution in [0.4, 0.5) is 0 Å². The van der Waals surface area contributed by atoms with Crippen LogP contribution in [0.1, 0.15) is 31.7 Å². The highest BCUT2D eigenvalue weighted by Crippen LogP contribution is 2.14. The Kier molecular flexibility index (Phi) is 4.38. The number of benzene rings is 1. The molecule has 1 aromatic carbocycles. The molecule has 0 aliphatic rings. The predicted molar refractivity (Wildman–Crippen MR) is 78.9 cm³/mol. The monoisotopic (exact) mass is 257 g/mol. The van der Waals surface area contributed by atoms with Crippen LogP contribution in [0.15, 0.2) is 42.7 Å². The maximum atomic E-state index is 4.34. The maximum Gasteiger partial charge on any atom is 0.122 e. The molecule has 1 aromatic heterocycles. The van der Waals surface area contributed by atoms with Crippen molar-refractivity contribution in [3.05, 3.63) is 54.1 Å². The van der Waals surface area contributed by atoms with Gasteiger partial charge in [-0.05, 0) is 32.3 Å². The van der Waals surface area contributed by atoms with E-state index < -0.39 is 0 Å². The normalized spacial score (nSPS) is 11.7. The highest BCUT2D eigenvalue weighted by Gasteiger charge is 2.17. The van der Waals surface area contributed by atoms with Gasteiger partial charge in [0.05, 0.1) is 6.54 Å². The van der Waals surface area contributed by atoms with E-state index in [0.29, 0.717) is 0 Å². The van der Waals surface area contributed by atoms with E-state index in [4.69, 9.17) is 0 Å². The van der Waals surface area contributed by atoms with Gasteiger partial charge in [-0.15, -0.1) is 0 Å². The molecule has 0 radical (unpaired) electrons. The Labute approximate surface area is 115 Å². The Morgan fingerprint density at radius 3 is 2.58 bits per heavy atom. The van der Waals surface area contributed by atoms with Crippen molar-refractivity contribution < 1.29 is 0 Å². The number of rotatable bonds is 6. The minimum atomic E-state index is 0.113. The first-order valence-electron chi connectivity index (χ1n) is 6.82. The number of nitrogens with zero attached hydrogens (tertiary/aromatic N) is 2. The Morgan fingerprint density at radius 1 is 1.21 bits per heavy atom. The maximum absolute atomic E-state index is 4.34. The van der Waals surface area contributed by atoms with Crippen molar-refractivity contribution in [2.24, 2.45) is 7.05 Å². The lowest BCUT2D eigenvalue weighted by Gasteiger charge is -2.26. The Balaban J connectivity index is 1.83. The Morgan fingerprint density at radius 2 is 1.95 bits per heavy atom. The molecule has 0 amide bonds. The summed E-state index contributed by atoms with van der Waals surface area (Å²) in [6.07, 6.45) is 6.03. The van der Waals surface area contributed by atoms with E-state index in [1.54, 1.807) is 0 Å². The van der Waals surface area contributed by atoms with Crippen LogP contribution in [-0.2, 0) is 20.0 Å². The van der Waals surface area contributed by atoms with Gasteiger partial charge in [-0.1, -0.05) is 30.3 Å². The van der Waals surface area contributed by atoms with Crippen LogP contribution in [-0.4, -0.2) is 15.1 Å². The molecular formula is C16H23N3. The molecule has 1 heterocycles. The highest BCUT2D eigenvalue weighted by atomic mass is 15.1. The summed E-state index contributed by atoms with van der Waals surface area (Å²) in [7, 11) is 2.03.